The molecule has 4 rings (SSSR count). The van der Waals surface area contributed by atoms with Crippen LogP contribution in [0.3, 0.4) is 0 Å². The molecule has 7 nitrogen and oxygen atoms in total. The normalized spacial score (nSPS) is 18.7. The van der Waals surface area contributed by atoms with Crippen LogP contribution in [0.5, 0.6) is 0 Å². The Kier molecular flexibility index (Phi) is 8.13. The summed E-state index contributed by atoms with van der Waals surface area (Å²) in [6, 6.07) is 7.00. The van der Waals surface area contributed by atoms with Crippen molar-refractivity contribution in [3.05, 3.63) is 52.9 Å². The molecule has 1 N–H and O–H groups in total. The number of carbonyl (C=O) groups is 2. The van der Waals surface area contributed by atoms with E-state index in [1.807, 2.05) is 24.8 Å². The van der Waals surface area contributed by atoms with E-state index in [9.17, 15) is 14.0 Å². The van der Waals surface area contributed by atoms with Crippen molar-refractivity contribution in [3.8, 4) is 0 Å². The fourth-order valence-corrected chi connectivity index (χ4v) is 5.71. The number of hydrogen-bond acceptors (Lipinski definition) is 4. The molecule has 0 bridgehead atoms. The Labute approximate surface area is 214 Å². The molecule has 1 saturated heterocycles. The van der Waals surface area contributed by atoms with Gasteiger partial charge < -0.3 is 19.7 Å². The number of rotatable bonds is 7. The molecule has 0 spiro atoms. The zero-order valence-electron chi connectivity index (χ0n) is 22.3. The van der Waals surface area contributed by atoms with Gasteiger partial charge in [-0.05, 0) is 50.8 Å². The lowest BCUT2D eigenvalue weighted by atomic mass is 9.95. The molecule has 2 aliphatic rings. The van der Waals surface area contributed by atoms with Crippen LogP contribution in [0.15, 0.2) is 24.3 Å². The van der Waals surface area contributed by atoms with Gasteiger partial charge >= 0.3 is 0 Å². The molecule has 2 amide bonds. The van der Waals surface area contributed by atoms with Gasteiger partial charge in [0.2, 0.25) is 11.8 Å². The molecule has 2 atom stereocenters. The predicted molar refractivity (Wildman–Crippen MR) is 138 cm³/mol. The first-order valence-corrected chi connectivity index (χ1v) is 13.3. The number of piperidine rings is 1. The number of carbonyl (C=O) groups excluding carboxylic acids is 2. The predicted octanol–water partition coefficient (Wildman–Crippen LogP) is 4.16. The highest BCUT2D eigenvalue weighted by Crippen LogP contribution is 2.32. The van der Waals surface area contributed by atoms with Gasteiger partial charge in [-0.1, -0.05) is 26.0 Å². The van der Waals surface area contributed by atoms with Crippen LogP contribution in [0.1, 0.15) is 81.8 Å². The lowest BCUT2D eigenvalue weighted by Crippen LogP contribution is -2.43. The molecule has 1 aromatic heterocycles. The van der Waals surface area contributed by atoms with Crippen molar-refractivity contribution in [2.45, 2.75) is 85.0 Å². The first-order chi connectivity index (χ1) is 17.1. The van der Waals surface area contributed by atoms with Crippen molar-refractivity contribution >= 4 is 11.8 Å². The van der Waals surface area contributed by atoms with Crippen LogP contribution in [-0.4, -0.2) is 56.8 Å². The largest absolute Gasteiger partial charge is 0.349 e. The van der Waals surface area contributed by atoms with Crippen LogP contribution in [0, 0.1) is 18.7 Å². The molecular formula is C28H40FN5O2. The maximum atomic E-state index is 14.0. The molecule has 8 heteroatoms. The van der Waals surface area contributed by atoms with E-state index in [0.717, 1.165) is 62.4 Å². The standard InChI is InChI=1S/C28H40FN5O2/c1-18(2)28(36)31-25(22-7-6-8-23(29)16-22)15-19(3)32-12-9-24(10-13-32)34-20(4)30-26-17-33(21(5)35)14-11-27(26)34/h6-8,16,18-19,24-25H,9-15,17H2,1-5H3,(H,31,36)/t19?,25-/m0/s1. The second-order valence-electron chi connectivity index (χ2n) is 10.7. The van der Waals surface area contributed by atoms with E-state index in [-0.39, 0.29) is 35.6 Å². The van der Waals surface area contributed by atoms with Crippen LogP contribution >= 0.6 is 0 Å². The fourth-order valence-electron chi connectivity index (χ4n) is 5.71. The van der Waals surface area contributed by atoms with Crippen molar-refractivity contribution in [1.82, 2.24) is 24.7 Å². The highest BCUT2D eigenvalue weighted by atomic mass is 19.1. The number of halogens is 1. The van der Waals surface area contributed by atoms with Crippen molar-refractivity contribution in [3.63, 3.8) is 0 Å². The van der Waals surface area contributed by atoms with Gasteiger partial charge in [-0.2, -0.15) is 0 Å². The van der Waals surface area contributed by atoms with Gasteiger partial charge in [-0.3, -0.25) is 9.59 Å². The average Bonchev–Trinajstić information content (AvgIpc) is 3.18. The quantitative estimate of drug-likeness (QED) is 0.624. The fraction of sp³-hybridized carbons (Fsp3) is 0.607. The number of imidazole rings is 1. The number of amides is 2. The Morgan fingerprint density at radius 1 is 1.17 bits per heavy atom. The minimum Gasteiger partial charge on any atom is -0.349 e. The minimum absolute atomic E-state index is 0.0149. The molecular weight excluding hydrogens is 457 g/mol. The minimum atomic E-state index is -0.282. The van der Waals surface area contributed by atoms with Crippen molar-refractivity contribution in [1.29, 1.82) is 0 Å². The SMILES string of the molecule is CC(=O)N1CCc2c(nc(C)n2C2CCN(C(C)C[C@H](NC(=O)C(C)C)c3cccc(F)c3)CC2)C1. The number of likely N-dealkylation sites (tertiary alicyclic amines) is 1. The van der Waals surface area contributed by atoms with Crippen LogP contribution in [-0.2, 0) is 22.6 Å². The van der Waals surface area contributed by atoms with Gasteiger partial charge in [0.15, 0.2) is 0 Å². The Morgan fingerprint density at radius 2 is 1.89 bits per heavy atom. The van der Waals surface area contributed by atoms with Crippen molar-refractivity contribution in [2.75, 3.05) is 19.6 Å². The summed E-state index contributed by atoms with van der Waals surface area (Å²) in [6.45, 7) is 12.9. The van der Waals surface area contributed by atoms with Gasteiger partial charge in [-0.25, -0.2) is 9.37 Å². The Bertz CT molecular complexity index is 1090. The van der Waals surface area contributed by atoms with Crippen molar-refractivity contribution < 1.29 is 14.0 Å². The summed E-state index contributed by atoms with van der Waals surface area (Å²) < 4.78 is 16.4. The van der Waals surface area contributed by atoms with Crippen LogP contribution in [0.4, 0.5) is 4.39 Å². The number of nitrogens with zero attached hydrogens (tertiary/aromatic N) is 4. The van der Waals surface area contributed by atoms with E-state index in [2.05, 4.69) is 28.6 Å². The zero-order valence-corrected chi connectivity index (χ0v) is 22.3. The van der Waals surface area contributed by atoms with Gasteiger partial charge in [-0.15, -0.1) is 0 Å². The second kappa shape index (κ2) is 11.1. The number of hydrogen-bond donors (Lipinski definition) is 1. The zero-order chi connectivity index (χ0) is 26.0. The number of nitrogens with one attached hydrogen (secondary N) is 1. The highest BCUT2D eigenvalue weighted by molar-refractivity contribution is 5.78. The van der Waals surface area contributed by atoms with E-state index in [1.165, 1.54) is 17.8 Å². The Hall–Kier alpha value is -2.74. The number of aromatic nitrogens is 2. The smallest absolute Gasteiger partial charge is 0.223 e. The molecule has 0 aliphatic carbocycles. The van der Waals surface area contributed by atoms with Crippen LogP contribution in [0.25, 0.3) is 0 Å². The molecule has 0 radical (unpaired) electrons. The summed E-state index contributed by atoms with van der Waals surface area (Å²) in [5.74, 6) is 0.726. The molecule has 36 heavy (non-hydrogen) atoms. The average molecular weight is 498 g/mol. The van der Waals surface area contributed by atoms with Gasteiger partial charge in [0.1, 0.15) is 11.6 Å². The molecule has 2 aromatic rings. The molecule has 196 valence electrons. The number of fused-ring (bicyclic) bond motifs is 1. The van der Waals surface area contributed by atoms with E-state index >= 15 is 0 Å². The van der Waals surface area contributed by atoms with Crippen molar-refractivity contribution in [2.24, 2.45) is 5.92 Å². The summed E-state index contributed by atoms with van der Waals surface area (Å²) in [7, 11) is 0. The monoisotopic (exact) mass is 497 g/mol. The molecule has 3 heterocycles. The van der Waals surface area contributed by atoms with Gasteiger partial charge in [0.05, 0.1) is 18.3 Å². The van der Waals surface area contributed by atoms with E-state index < -0.39 is 0 Å². The summed E-state index contributed by atoms with van der Waals surface area (Å²) in [5.41, 5.74) is 3.15. The summed E-state index contributed by atoms with van der Waals surface area (Å²) in [5, 5.41) is 3.14. The molecule has 1 unspecified atom stereocenters. The summed E-state index contributed by atoms with van der Waals surface area (Å²) >= 11 is 0. The third-order valence-electron chi connectivity index (χ3n) is 7.83. The summed E-state index contributed by atoms with van der Waals surface area (Å²) in [4.78, 5) is 33.5. The molecule has 1 fully saturated rings. The summed E-state index contributed by atoms with van der Waals surface area (Å²) in [6.07, 6.45) is 3.66. The van der Waals surface area contributed by atoms with Crippen LogP contribution < -0.4 is 5.32 Å². The molecule has 1 aromatic carbocycles. The lowest BCUT2D eigenvalue weighted by Gasteiger charge is -2.39. The first kappa shape index (κ1) is 26.3. The third kappa shape index (κ3) is 5.80. The molecule has 0 saturated carbocycles. The molecule has 2 aliphatic heterocycles. The van der Waals surface area contributed by atoms with Crippen LogP contribution in [0.2, 0.25) is 0 Å². The van der Waals surface area contributed by atoms with Gasteiger partial charge in [0, 0.05) is 56.7 Å². The van der Waals surface area contributed by atoms with E-state index in [0.29, 0.717) is 12.6 Å². The maximum Gasteiger partial charge on any atom is 0.223 e. The van der Waals surface area contributed by atoms with E-state index in [1.54, 1.807) is 13.0 Å². The van der Waals surface area contributed by atoms with Gasteiger partial charge in [0.25, 0.3) is 0 Å². The maximum absolute atomic E-state index is 14.0. The Morgan fingerprint density at radius 3 is 2.53 bits per heavy atom. The first-order valence-electron chi connectivity index (χ1n) is 13.3. The second-order valence-corrected chi connectivity index (χ2v) is 10.7. The number of aryl methyl sites for hydroxylation is 1. The number of benzene rings is 1. The third-order valence-corrected chi connectivity index (χ3v) is 7.83. The topological polar surface area (TPSA) is 70.5 Å². The highest BCUT2D eigenvalue weighted by Gasteiger charge is 2.31. The van der Waals surface area contributed by atoms with E-state index in [4.69, 9.17) is 4.98 Å². The lowest BCUT2D eigenvalue weighted by molar-refractivity contribution is -0.129. The Balaban J connectivity index is 1.41.